The second-order valence-electron chi connectivity index (χ2n) is 3.96. The van der Waals surface area contributed by atoms with Gasteiger partial charge in [-0.25, -0.2) is 0 Å². The van der Waals surface area contributed by atoms with Crippen molar-refractivity contribution in [1.29, 1.82) is 0 Å². The molecule has 88 valence electrons. The zero-order valence-electron chi connectivity index (χ0n) is 9.57. The molecule has 0 aliphatic heterocycles. The number of rotatable bonds is 3. The Hall–Kier alpha value is -1.67. The number of aryl methyl sites for hydroxylation is 1. The van der Waals surface area contributed by atoms with Crippen molar-refractivity contribution in [2.24, 2.45) is 0 Å². The van der Waals surface area contributed by atoms with E-state index in [2.05, 4.69) is 5.32 Å². The van der Waals surface area contributed by atoms with Gasteiger partial charge in [-0.2, -0.15) is 0 Å². The number of phenolic OH excluding ortho intramolecular Hbond substituents is 1. The van der Waals surface area contributed by atoms with Gasteiger partial charge in [-0.15, -0.1) is 0 Å². The molecule has 0 bridgehead atoms. The second kappa shape index (κ2) is 5.11. The summed E-state index contributed by atoms with van der Waals surface area (Å²) < 4.78 is 0. The third-order valence-corrected chi connectivity index (χ3v) is 2.94. The summed E-state index contributed by atoms with van der Waals surface area (Å²) in [4.78, 5) is 0. The highest BCUT2D eigenvalue weighted by Crippen LogP contribution is 2.26. The van der Waals surface area contributed by atoms with E-state index in [9.17, 15) is 5.11 Å². The third kappa shape index (κ3) is 2.92. The van der Waals surface area contributed by atoms with Gasteiger partial charge in [0.2, 0.25) is 0 Å². The molecule has 0 aliphatic rings. The van der Waals surface area contributed by atoms with Crippen molar-refractivity contribution in [2.45, 2.75) is 13.5 Å². The predicted molar refractivity (Wildman–Crippen MR) is 71.6 cm³/mol. The Balaban J connectivity index is 2.13. The first-order chi connectivity index (χ1) is 8.16. The molecule has 0 spiro atoms. The average molecular weight is 248 g/mol. The minimum absolute atomic E-state index is 0.220. The maximum Gasteiger partial charge on any atom is 0.122 e. The molecule has 0 heterocycles. The van der Waals surface area contributed by atoms with Crippen LogP contribution in [0.1, 0.15) is 11.1 Å². The average Bonchev–Trinajstić information content (AvgIpc) is 2.28. The van der Waals surface area contributed by atoms with Crippen LogP contribution in [0.15, 0.2) is 42.5 Å². The van der Waals surface area contributed by atoms with E-state index in [1.54, 1.807) is 18.2 Å². The van der Waals surface area contributed by atoms with Crippen LogP contribution in [-0.4, -0.2) is 5.11 Å². The van der Waals surface area contributed by atoms with Crippen molar-refractivity contribution in [2.75, 3.05) is 5.32 Å². The lowest BCUT2D eigenvalue weighted by molar-refractivity contribution is 0.469. The van der Waals surface area contributed by atoms with Crippen LogP contribution in [-0.2, 0) is 6.54 Å². The molecule has 0 aromatic heterocycles. The Labute approximate surface area is 106 Å². The lowest BCUT2D eigenvalue weighted by Crippen LogP contribution is -2.00. The van der Waals surface area contributed by atoms with E-state index >= 15 is 0 Å². The van der Waals surface area contributed by atoms with Gasteiger partial charge in [-0.1, -0.05) is 29.8 Å². The Morgan fingerprint density at radius 2 is 1.94 bits per heavy atom. The van der Waals surface area contributed by atoms with Crippen molar-refractivity contribution < 1.29 is 5.11 Å². The number of hydrogen-bond acceptors (Lipinski definition) is 2. The SMILES string of the molecule is Cc1cccc(NCc2c(O)cccc2Cl)c1. The van der Waals surface area contributed by atoms with Gasteiger partial charge in [0.15, 0.2) is 0 Å². The summed E-state index contributed by atoms with van der Waals surface area (Å²) in [6, 6.07) is 13.2. The Bertz CT molecular complexity index is 505. The maximum atomic E-state index is 9.70. The van der Waals surface area contributed by atoms with Gasteiger partial charge < -0.3 is 10.4 Å². The molecule has 3 heteroatoms. The zero-order chi connectivity index (χ0) is 12.3. The minimum atomic E-state index is 0.220. The highest BCUT2D eigenvalue weighted by atomic mass is 35.5. The molecule has 0 amide bonds. The molecular weight excluding hydrogens is 234 g/mol. The monoisotopic (exact) mass is 247 g/mol. The predicted octanol–water partition coefficient (Wildman–Crippen LogP) is 3.97. The van der Waals surface area contributed by atoms with Crippen molar-refractivity contribution in [3.05, 3.63) is 58.6 Å². The molecule has 0 saturated heterocycles. The first-order valence-electron chi connectivity index (χ1n) is 5.44. The molecule has 0 unspecified atom stereocenters. The minimum Gasteiger partial charge on any atom is -0.508 e. The summed E-state index contributed by atoms with van der Waals surface area (Å²) in [7, 11) is 0. The molecule has 0 fully saturated rings. The Kier molecular flexibility index (Phi) is 3.55. The molecule has 2 N–H and O–H groups in total. The van der Waals surface area contributed by atoms with Crippen molar-refractivity contribution >= 4 is 17.3 Å². The molecule has 0 radical (unpaired) electrons. The lowest BCUT2D eigenvalue weighted by atomic mass is 10.2. The topological polar surface area (TPSA) is 32.3 Å². The van der Waals surface area contributed by atoms with Crippen molar-refractivity contribution in [3.63, 3.8) is 0 Å². The summed E-state index contributed by atoms with van der Waals surface area (Å²) in [5.41, 5.74) is 2.93. The fourth-order valence-corrected chi connectivity index (χ4v) is 1.90. The number of nitrogens with one attached hydrogen (secondary N) is 1. The van der Waals surface area contributed by atoms with Gasteiger partial charge in [-0.05, 0) is 36.8 Å². The van der Waals surface area contributed by atoms with Gasteiger partial charge in [0.25, 0.3) is 0 Å². The van der Waals surface area contributed by atoms with E-state index in [0.29, 0.717) is 11.6 Å². The van der Waals surface area contributed by atoms with Gasteiger partial charge in [0.1, 0.15) is 5.75 Å². The van der Waals surface area contributed by atoms with Gasteiger partial charge >= 0.3 is 0 Å². The molecule has 2 aromatic rings. The number of hydrogen-bond donors (Lipinski definition) is 2. The Morgan fingerprint density at radius 3 is 2.65 bits per heavy atom. The van der Waals surface area contributed by atoms with Gasteiger partial charge in [0.05, 0.1) is 0 Å². The van der Waals surface area contributed by atoms with Crippen molar-refractivity contribution in [1.82, 2.24) is 0 Å². The Morgan fingerprint density at radius 1 is 1.18 bits per heavy atom. The number of halogens is 1. The second-order valence-corrected chi connectivity index (χ2v) is 4.37. The number of benzene rings is 2. The first kappa shape index (κ1) is 11.8. The first-order valence-corrected chi connectivity index (χ1v) is 5.81. The number of aromatic hydroxyl groups is 1. The molecule has 17 heavy (non-hydrogen) atoms. The number of anilines is 1. The van der Waals surface area contributed by atoms with E-state index in [4.69, 9.17) is 11.6 Å². The van der Waals surface area contributed by atoms with Crippen LogP contribution in [0.4, 0.5) is 5.69 Å². The van der Waals surface area contributed by atoms with Crippen LogP contribution in [0, 0.1) is 6.92 Å². The van der Waals surface area contributed by atoms with Crippen LogP contribution in [0.25, 0.3) is 0 Å². The van der Waals surface area contributed by atoms with E-state index < -0.39 is 0 Å². The quantitative estimate of drug-likeness (QED) is 0.860. The molecule has 2 nitrogen and oxygen atoms in total. The lowest BCUT2D eigenvalue weighted by Gasteiger charge is -2.10. The summed E-state index contributed by atoms with van der Waals surface area (Å²) in [5, 5.41) is 13.5. The van der Waals surface area contributed by atoms with E-state index in [-0.39, 0.29) is 5.75 Å². The van der Waals surface area contributed by atoms with Crippen molar-refractivity contribution in [3.8, 4) is 5.75 Å². The highest BCUT2D eigenvalue weighted by Gasteiger charge is 2.05. The van der Waals surface area contributed by atoms with E-state index in [0.717, 1.165) is 11.3 Å². The smallest absolute Gasteiger partial charge is 0.122 e. The van der Waals surface area contributed by atoms with Crippen LogP contribution < -0.4 is 5.32 Å². The summed E-state index contributed by atoms with van der Waals surface area (Å²) >= 11 is 6.03. The third-order valence-electron chi connectivity index (χ3n) is 2.58. The van der Waals surface area contributed by atoms with E-state index in [1.165, 1.54) is 5.56 Å². The summed E-state index contributed by atoms with van der Waals surface area (Å²) in [6.45, 7) is 2.55. The maximum absolute atomic E-state index is 9.70. The molecule has 0 saturated carbocycles. The number of phenols is 1. The van der Waals surface area contributed by atoms with E-state index in [1.807, 2.05) is 31.2 Å². The summed E-state index contributed by atoms with van der Waals surface area (Å²) in [6.07, 6.45) is 0. The molecule has 2 aromatic carbocycles. The zero-order valence-corrected chi connectivity index (χ0v) is 10.3. The molecular formula is C14H14ClNO. The molecule has 0 atom stereocenters. The van der Waals surface area contributed by atoms with Gasteiger partial charge in [0, 0.05) is 22.8 Å². The van der Waals surface area contributed by atoms with Crippen LogP contribution in [0.3, 0.4) is 0 Å². The van der Waals surface area contributed by atoms with Crippen LogP contribution in [0.5, 0.6) is 5.75 Å². The van der Waals surface area contributed by atoms with Crippen LogP contribution >= 0.6 is 11.6 Å². The standard InChI is InChI=1S/C14H14ClNO/c1-10-4-2-5-11(8-10)16-9-12-13(15)6-3-7-14(12)17/h2-8,16-17H,9H2,1H3. The normalized spacial score (nSPS) is 10.2. The van der Waals surface area contributed by atoms with Gasteiger partial charge in [-0.3, -0.25) is 0 Å². The highest BCUT2D eigenvalue weighted by molar-refractivity contribution is 6.31. The van der Waals surface area contributed by atoms with Crippen LogP contribution in [0.2, 0.25) is 5.02 Å². The summed E-state index contributed by atoms with van der Waals surface area (Å²) in [5.74, 6) is 0.220. The fourth-order valence-electron chi connectivity index (χ4n) is 1.67. The molecule has 2 rings (SSSR count). The largest absolute Gasteiger partial charge is 0.508 e. The fraction of sp³-hybridized carbons (Fsp3) is 0.143. The molecule has 0 aliphatic carbocycles.